The first kappa shape index (κ1) is 21.1. The number of carbonyl (C=O) groups excluding carboxylic acids is 1. The van der Waals surface area contributed by atoms with E-state index >= 15 is 0 Å². The molecule has 1 amide bonds. The molecule has 1 N–H and O–H groups in total. The monoisotopic (exact) mass is 408 g/mol. The minimum atomic E-state index is -0.259. The molecule has 1 atom stereocenters. The summed E-state index contributed by atoms with van der Waals surface area (Å²) in [6, 6.07) is 16.5. The first-order valence-electron chi connectivity index (χ1n) is 9.98. The van der Waals surface area contributed by atoms with Gasteiger partial charge in [-0.3, -0.25) is 4.79 Å². The Morgan fingerprint density at radius 2 is 1.86 bits per heavy atom. The Bertz CT molecular complexity index is 965. The van der Waals surface area contributed by atoms with Crippen LogP contribution in [0.15, 0.2) is 53.7 Å². The van der Waals surface area contributed by atoms with Crippen molar-refractivity contribution in [3.8, 4) is 11.4 Å². The molecule has 0 aliphatic heterocycles. The van der Waals surface area contributed by atoms with Crippen LogP contribution in [0.4, 0.5) is 0 Å². The highest BCUT2D eigenvalue weighted by Crippen LogP contribution is 2.27. The molecule has 0 saturated heterocycles. The lowest BCUT2D eigenvalue weighted by molar-refractivity contribution is -0.120. The van der Waals surface area contributed by atoms with Crippen LogP contribution in [0.1, 0.15) is 37.0 Å². The minimum Gasteiger partial charge on any atom is -0.351 e. The van der Waals surface area contributed by atoms with Gasteiger partial charge in [0.15, 0.2) is 11.0 Å². The van der Waals surface area contributed by atoms with E-state index in [1.54, 1.807) is 0 Å². The Kier molecular flexibility index (Phi) is 7.09. The van der Waals surface area contributed by atoms with Crippen molar-refractivity contribution in [1.82, 2.24) is 20.1 Å². The van der Waals surface area contributed by atoms with Crippen LogP contribution < -0.4 is 5.32 Å². The lowest BCUT2D eigenvalue weighted by Gasteiger charge is -2.13. The number of nitrogens with zero attached hydrogens (tertiary/aromatic N) is 3. The van der Waals surface area contributed by atoms with Crippen LogP contribution in [0.2, 0.25) is 0 Å². The lowest BCUT2D eigenvalue weighted by Crippen LogP contribution is -2.30. The summed E-state index contributed by atoms with van der Waals surface area (Å²) in [7, 11) is 0. The van der Waals surface area contributed by atoms with Gasteiger partial charge in [-0.05, 0) is 38.8 Å². The zero-order valence-corrected chi connectivity index (χ0v) is 18.3. The molecule has 0 spiro atoms. The van der Waals surface area contributed by atoms with Crippen molar-refractivity contribution in [2.24, 2.45) is 0 Å². The highest BCUT2D eigenvalue weighted by Gasteiger charge is 2.20. The maximum absolute atomic E-state index is 12.6. The molecular weight excluding hydrogens is 380 g/mol. The molecule has 5 nitrogen and oxygen atoms in total. The number of hydrogen-bond acceptors (Lipinski definition) is 4. The van der Waals surface area contributed by atoms with E-state index in [1.807, 2.05) is 25.1 Å². The smallest absolute Gasteiger partial charge is 0.233 e. The predicted octanol–water partition coefficient (Wildman–Crippen LogP) is 4.77. The van der Waals surface area contributed by atoms with Gasteiger partial charge in [0, 0.05) is 18.7 Å². The lowest BCUT2D eigenvalue weighted by atomic mass is 10.1. The second-order valence-corrected chi connectivity index (χ2v) is 8.60. The van der Waals surface area contributed by atoms with Gasteiger partial charge in [-0.2, -0.15) is 0 Å². The molecule has 0 aliphatic carbocycles. The average molecular weight is 409 g/mol. The largest absolute Gasteiger partial charge is 0.351 e. The Balaban J connectivity index is 1.69. The van der Waals surface area contributed by atoms with Gasteiger partial charge in [-0.25, -0.2) is 0 Å². The van der Waals surface area contributed by atoms with Gasteiger partial charge in [0.2, 0.25) is 5.91 Å². The summed E-state index contributed by atoms with van der Waals surface area (Å²) in [5.74, 6) is 0.851. The number of benzene rings is 2. The van der Waals surface area contributed by atoms with E-state index in [0.717, 1.165) is 35.1 Å². The molecule has 0 radical (unpaired) electrons. The summed E-state index contributed by atoms with van der Waals surface area (Å²) in [5.41, 5.74) is 4.54. The number of carbonyl (C=O) groups is 1. The van der Waals surface area contributed by atoms with Crippen molar-refractivity contribution >= 4 is 17.7 Å². The average Bonchev–Trinajstić information content (AvgIpc) is 3.10. The van der Waals surface area contributed by atoms with E-state index in [0.29, 0.717) is 6.54 Å². The topological polar surface area (TPSA) is 59.8 Å². The van der Waals surface area contributed by atoms with Gasteiger partial charge in [-0.1, -0.05) is 72.3 Å². The maximum atomic E-state index is 12.6. The van der Waals surface area contributed by atoms with Crippen LogP contribution in [0.25, 0.3) is 11.4 Å². The van der Waals surface area contributed by atoms with E-state index in [-0.39, 0.29) is 11.2 Å². The van der Waals surface area contributed by atoms with E-state index in [4.69, 9.17) is 0 Å². The number of rotatable bonds is 8. The molecule has 6 heteroatoms. The van der Waals surface area contributed by atoms with E-state index < -0.39 is 0 Å². The van der Waals surface area contributed by atoms with Crippen LogP contribution in [-0.2, 0) is 17.9 Å². The summed E-state index contributed by atoms with van der Waals surface area (Å²) >= 11 is 1.45. The molecule has 0 saturated carbocycles. The molecule has 3 rings (SSSR count). The molecule has 0 unspecified atom stereocenters. The molecule has 0 bridgehead atoms. The van der Waals surface area contributed by atoms with Gasteiger partial charge >= 0.3 is 0 Å². The SMILES string of the molecule is CCCn1c(S[C@H](C)C(=O)NCc2ccc(C)cc2)nnc1-c1cccc(C)c1. The number of nitrogens with one attached hydrogen (secondary N) is 1. The summed E-state index contributed by atoms with van der Waals surface area (Å²) in [6.07, 6.45) is 0.971. The third kappa shape index (κ3) is 5.48. The predicted molar refractivity (Wildman–Crippen MR) is 119 cm³/mol. The molecule has 0 aliphatic rings. The van der Waals surface area contributed by atoms with Crippen LogP contribution >= 0.6 is 11.8 Å². The fraction of sp³-hybridized carbons (Fsp3) is 0.348. The molecule has 1 heterocycles. The van der Waals surface area contributed by atoms with Crippen molar-refractivity contribution in [3.63, 3.8) is 0 Å². The number of aryl methyl sites for hydroxylation is 2. The fourth-order valence-corrected chi connectivity index (χ4v) is 3.95. The second-order valence-electron chi connectivity index (χ2n) is 7.29. The van der Waals surface area contributed by atoms with Crippen molar-refractivity contribution in [1.29, 1.82) is 0 Å². The number of hydrogen-bond donors (Lipinski definition) is 1. The third-order valence-electron chi connectivity index (χ3n) is 4.68. The zero-order chi connectivity index (χ0) is 20.8. The second kappa shape index (κ2) is 9.74. The Labute approximate surface area is 176 Å². The standard InChI is InChI=1S/C23H28N4OS/c1-5-13-27-21(20-8-6-7-17(3)14-20)25-26-23(27)29-18(4)22(28)24-15-19-11-9-16(2)10-12-19/h6-12,14,18H,5,13,15H2,1-4H3,(H,24,28)/t18-/m1/s1. The van der Waals surface area contributed by atoms with E-state index in [1.165, 1.54) is 22.9 Å². The number of amides is 1. The summed E-state index contributed by atoms with van der Waals surface area (Å²) in [4.78, 5) is 12.6. The Morgan fingerprint density at radius 3 is 2.55 bits per heavy atom. The van der Waals surface area contributed by atoms with Crippen LogP contribution in [0.5, 0.6) is 0 Å². The van der Waals surface area contributed by atoms with Gasteiger partial charge in [0.25, 0.3) is 0 Å². The first-order chi connectivity index (χ1) is 14.0. The molecule has 3 aromatic rings. The number of aromatic nitrogens is 3. The summed E-state index contributed by atoms with van der Waals surface area (Å²) in [6.45, 7) is 9.51. The highest BCUT2D eigenvalue weighted by atomic mass is 32.2. The molecule has 1 aromatic heterocycles. The number of thioether (sulfide) groups is 1. The van der Waals surface area contributed by atoms with E-state index in [9.17, 15) is 4.79 Å². The van der Waals surface area contributed by atoms with Gasteiger partial charge < -0.3 is 9.88 Å². The summed E-state index contributed by atoms with van der Waals surface area (Å²) in [5, 5.41) is 12.3. The van der Waals surface area contributed by atoms with Crippen molar-refractivity contribution in [3.05, 3.63) is 65.2 Å². The molecular formula is C23H28N4OS. The van der Waals surface area contributed by atoms with E-state index in [2.05, 4.69) is 71.2 Å². The first-order valence-corrected chi connectivity index (χ1v) is 10.9. The van der Waals surface area contributed by atoms with Gasteiger partial charge in [-0.15, -0.1) is 10.2 Å². The van der Waals surface area contributed by atoms with Crippen LogP contribution in [-0.4, -0.2) is 25.9 Å². The van der Waals surface area contributed by atoms with Crippen LogP contribution in [0.3, 0.4) is 0 Å². The van der Waals surface area contributed by atoms with Crippen molar-refractivity contribution in [2.75, 3.05) is 0 Å². The van der Waals surface area contributed by atoms with Crippen LogP contribution in [0, 0.1) is 13.8 Å². The third-order valence-corrected chi connectivity index (χ3v) is 5.76. The summed E-state index contributed by atoms with van der Waals surface area (Å²) < 4.78 is 2.11. The minimum absolute atomic E-state index is 0.00118. The maximum Gasteiger partial charge on any atom is 0.233 e. The molecule has 2 aromatic carbocycles. The quantitative estimate of drug-likeness (QED) is 0.546. The molecule has 0 fully saturated rings. The van der Waals surface area contributed by atoms with Gasteiger partial charge in [0.1, 0.15) is 0 Å². The highest BCUT2D eigenvalue weighted by molar-refractivity contribution is 8.00. The van der Waals surface area contributed by atoms with Crippen molar-refractivity contribution < 1.29 is 4.79 Å². The normalized spacial score (nSPS) is 12.0. The Morgan fingerprint density at radius 1 is 1.10 bits per heavy atom. The zero-order valence-electron chi connectivity index (χ0n) is 17.5. The molecule has 152 valence electrons. The van der Waals surface area contributed by atoms with Gasteiger partial charge in [0.05, 0.1) is 5.25 Å². The molecule has 29 heavy (non-hydrogen) atoms. The Hall–Kier alpha value is -2.60. The van der Waals surface area contributed by atoms with Crippen molar-refractivity contribution in [2.45, 2.75) is 57.6 Å². The fourth-order valence-electron chi connectivity index (χ4n) is 3.05.